The van der Waals surface area contributed by atoms with E-state index >= 15 is 0 Å². The highest BCUT2D eigenvalue weighted by atomic mass is 19.1. The Morgan fingerprint density at radius 2 is 1.96 bits per heavy atom. The van der Waals surface area contributed by atoms with Gasteiger partial charge in [-0.15, -0.1) is 0 Å². The summed E-state index contributed by atoms with van der Waals surface area (Å²) in [4.78, 5) is 11.7. The van der Waals surface area contributed by atoms with Crippen molar-refractivity contribution in [1.82, 2.24) is 15.2 Å². The molecule has 0 aliphatic carbocycles. The second-order valence-electron chi connectivity index (χ2n) is 5.43. The first-order valence-corrected chi connectivity index (χ1v) is 7.19. The van der Waals surface area contributed by atoms with E-state index in [1.165, 1.54) is 6.92 Å². The van der Waals surface area contributed by atoms with Crippen molar-refractivity contribution in [3.63, 3.8) is 0 Å². The zero-order valence-electron chi connectivity index (χ0n) is 12.7. The van der Waals surface area contributed by atoms with E-state index in [4.69, 9.17) is 0 Å². The lowest BCUT2D eigenvalue weighted by molar-refractivity contribution is 0.0555. The third-order valence-electron chi connectivity index (χ3n) is 3.43. The van der Waals surface area contributed by atoms with Crippen LogP contribution in [0.5, 0.6) is 0 Å². The standard InChI is InChI=1S/C16H19F2N3O2/c1-16(23,13-5-4-12(17)10-14(13)18)11-20-15(22)19-6-9-21-7-2-3-8-21/h2-5,7-8,10,23H,6,9,11H2,1H3,(H2,19,20,22). The summed E-state index contributed by atoms with van der Waals surface area (Å²) in [6.07, 6.45) is 3.75. The van der Waals surface area contributed by atoms with Crippen LogP contribution in [0.15, 0.2) is 42.7 Å². The molecule has 1 atom stereocenters. The van der Waals surface area contributed by atoms with E-state index in [-0.39, 0.29) is 12.1 Å². The molecule has 0 saturated carbocycles. The van der Waals surface area contributed by atoms with Gasteiger partial charge in [-0.25, -0.2) is 13.6 Å². The Kier molecular flexibility index (Phi) is 5.33. The number of hydrogen-bond donors (Lipinski definition) is 3. The van der Waals surface area contributed by atoms with Crippen molar-refractivity contribution in [2.45, 2.75) is 19.1 Å². The summed E-state index contributed by atoms with van der Waals surface area (Å²) in [5, 5.41) is 15.4. The number of aliphatic hydroxyl groups is 1. The number of aromatic nitrogens is 1. The van der Waals surface area contributed by atoms with E-state index in [1.54, 1.807) is 0 Å². The fourth-order valence-corrected chi connectivity index (χ4v) is 2.15. The number of amides is 2. The van der Waals surface area contributed by atoms with Gasteiger partial charge in [0.25, 0.3) is 0 Å². The highest BCUT2D eigenvalue weighted by molar-refractivity contribution is 5.73. The molecule has 1 aromatic carbocycles. The van der Waals surface area contributed by atoms with Gasteiger partial charge in [0, 0.05) is 37.1 Å². The van der Waals surface area contributed by atoms with Crippen LogP contribution in [0.4, 0.5) is 13.6 Å². The summed E-state index contributed by atoms with van der Waals surface area (Å²) in [5.74, 6) is -1.58. The first-order valence-electron chi connectivity index (χ1n) is 7.19. The minimum absolute atomic E-state index is 0.0773. The van der Waals surface area contributed by atoms with Gasteiger partial charge in [-0.2, -0.15) is 0 Å². The number of urea groups is 1. The predicted molar refractivity (Wildman–Crippen MR) is 81.8 cm³/mol. The molecule has 2 rings (SSSR count). The fourth-order valence-electron chi connectivity index (χ4n) is 2.15. The Bertz CT molecular complexity index is 657. The molecule has 124 valence electrons. The van der Waals surface area contributed by atoms with E-state index in [1.807, 2.05) is 29.1 Å². The molecule has 2 aromatic rings. The maximum absolute atomic E-state index is 13.7. The van der Waals surface area contributed by atoms with Gasteiger partial charge in [-0.3, -0.25) is 0 Å². The summed E-state index contributed by atoms with van der Waals surface area (Å²) in [6.45, 7) is 2.17. The van der Waals surface area contributed by atoms with E-state index < -0.39 is 23.3 Å². The Morgan fingerprint density at radius 1 is 1.26 bits per heavy atom. The molecule has 1 heterocycles. The van der Waals surface area contributed by atoms with E-state index in [2.05, 4.69) is 10.6 Å². The number of nitrogens with zero attached hydrogens (tertiary/aromatic N) is 1. The third kappa shape index (κ3) is 4.79. The van der Waals surface area contributed by atoms with Crippen molar-refractivity contribution in [2.24, 2.45) is 0 Å². The van der Waals surface area contributed by atoms with Crippen LogP contribution >= 0.6 is 0 Å². The van der Waals surface area contributed by atoms with Crippen LogP contribution < -0.4 is 10.6 Å². The minimum atomic E-state index is -1.64. The van der Waals surface area contributed by atoms with Crippen molar-refractivity contribution in [1.29, 1.82) is 0 Å². The molecule has 0 fully saturated rings. The van der Waals surface area contributed by atoms with Gasteiger partial charge < -0.3 is 20.3 Å². The molecule has 0 bridgehead atoms. The normalized spacial score (nSPS) is 13.4. The van der Waals surface area contributed by atoms with Crippen LogP contribution in [-0.4, -0.2) is 28.8 Å². The fraction of sp³-hybridized carbons (Fsp3) is 0.312. The zero-order valence-corrected chi connectivity index (χ0v) is 12.7. The van der Waals surface area contributed by atoms with Gasteiger partial charge >= 0.3 is 6.03 Å². The molecular formula is C16H19F2N3O2. The van der Waals surface area contributed by atoms with Crippen LogP contribution in [0.2, 0.25) is 0 Å². The molecular weight excluding hydrogens is 304 g/mol. The Balaban J connectivity index is 1.82. The number of halogens is 2. The van der Waals surface area contributed by atoms with Gasteiger partial charge in [0.2, 0.25) is 0 Å². The summed E-state index contributed by atoms with van der Waals surface area (Å²) >= 11 is 0. The third-order valence-corrected chi connectivity index (χ3v) is 3.43. The monoisotopic (exact) mass is 323 g/mol. The van der Waals surface area contributed by atoms with Crippen LogP contribution in [0.25, 0.3) is 0 Å². The quantitative estimate of drug-likeness (QED) is 0.761. The van der Waals surface area contributed by atoms with Crippen molar-refractivity contribution < 1.29 is 18.7 Å². The van der Waals surface area contributed by atoms with Crippen LogP contribution in [0.1, 0.15) is 12.5 Å². The molecule has 5 nitrogen and oxygen atoms in total. The van der Waals surface area contributed by atoms with Crippen LogP contribution in [0, 0.1) is 11.6 Å². The molecule has 1 aromatic heterocycles. The molecule has 3 N–H and O–H groups in total. The van der Waals surface area contributed by atoms with Crippen LogP contribution in [0.3, 0.4) is 0 Å². The maximum atomic E-state index is 13.7. The molecule has 0 aliphatic rings. The van der Waals surface area contributed by atoms with Gasteiger partial charge in [0.05, 0.1) is 6.54 Å². The average molecular weight is 323 g/mol. The smallest absolute Gasteiger partial charge is 0.314 e. The molecule has 7 heteroatoms. The van der Waals surface area contributed by atoms with Crippen molar-refractivity contribution in [3.05, 3.63) is 59.9 Å². The van der Waals surface area contributed by atoms with Crippen molar-refractivity contribution >= 4 is 6.03 Å². The lowest BCUT2D eigenvalue weighted by Crippen LogP contribution is -2.44. The van der Waals surface area contributed by atoms with E-state index in [9.17, 15) is 18.7 Å². The first kappa shape index (κ1) is 17.0. The maximum Gasteiger partial charge on any atom is 0.314 e. The summed E-state index contributed by atoms with van der Waals surface area (Å²) < 4.78 is 28.5. The summed E-state index contributed by atoms with van der Waals surface area (Å²) in [5.41, 5.74) is -1.72. The molecule has 23 heavy (non-hydrogen) atoms. The van der Waals surface area contributed by atoms with E-state index in [0.717, 1.165) is 12.1 Å². The largest absolute Gasteiger partial charge is 0.383 e. The molecule has 1 unspecified atom stereocenters. The number of nitrogens with one attached hydrogen (secondary N) is 2. The van der Waals surface area contributed by atoms with Gasteiger partial charge in [-0.1, -0.05) is 6.07 Å². The molecule has 0 radical (unpaired) electrons. The van der Waals surface area contributed by atoms with Crippen molar-refractivity contribution in [2.75, 3.05) is 13.1 Å². The van der Waals surface area contributed by atoms with Crippen LogP contribution in [-0.2, 0) is 12.1 Å². The highest BCUT2D eigenvalue weighted by Gasteiger charge is 2.27. The van der Waals surface area contributed by atoms with Gasteiger partial charge in [-0.05, 0) is 25.1 Å². The Hall–Kier alpha value is -2.41. The average Bonchev–Trinajstić information content (AvgIpc) is 2.98. The minimum Gasteiger partial charge on any atom is -0.383 e. The second kappa shape index (κ2) is 7.23. The lowest BCUT2D eigenvalue weighted by Gasteiger charge is -2.24. The molecule has 2 amide bonds. The summed E-state index contributed by atoms with van der Waals surface area (Å²) in [7, 11) is 0. The highest BCUT2D eigenvalue weighted by Crippen LogP contribution is 2.23. The number of rotatable bonds is 6. The predicted octanol–water partition coefficient (Wildman–Crippen LogP) is 1.97. The molecule has 0 saturated heterocycles. The van der Waals surface area contributed by atoms with E-state index in [0.29, 0.717) is 19.2 Å². The first-order chi connectivity index (χ1) is 10.9. The summed E-state index contributed by atoms with van der Waals surface area (Å²) in [6, 6.07) is 6.21. The lowest BCUT2D eigenvalue weighted by atomic mass is 9.95. The molecule has 0 aliphatic heterocycles. The van der Waals surface area contributed by atoms with Gasteiger partial charge in [0.15, 0.2) is 0 Å². The second-order valence-corrected chi connectivity index (χ2v) is 5.43. The SMILES string of the molecule is CC(O)(CNC(=O)NCCn1cccc1)c1ccc(F)cc1F. The number of benzene rings is 1. The number of carbonyl (C=O) groups excluding carboxylic acids is 1. The van der Waals surface area contributed by atoms with Crippen molar-refractivity contribution in [3.8, 4) is 0 Å². The number of carbonyl (C=O) groups is 1. The zero-order chi connectivity index (χ0) is 16.9. The number of hydrogen-bond acceptors (Lipinski definition) is 2. The van der Waals surface area contributed by atoms with Gasteiger partial charge in [0.1, 0.15) is 17.2 Å². The topological polar surface area (TPSA) is 66.3 Å². The molecule has 0 spiro atoms. The Labute approximate surface area is 132 Å². The Morgan fingerprint density at radius 3 is 2.61 bits per heavy atom.